The molecule has 0 spiro atoms. The third kappa shape index (κ3) is 3.54. The zero-order valence-electron chi connectivity index (χ0n) is 11.5. The molecule has 1 unspecified atom stereocenters. The first-order valence-electron chi connectivity index (χ1n) is 6.73. The highest BCUT2D eigenvalue weighted by Gasteiger charge is 2.25. The molecule has 0 aliphatic carbocycles. The molecule has 2 heterocycles. The minimum absolute atomic E-state index is 0.0106. The second kappa shape index (κ2) is 6.47. The number of carbonyl (C=O) groups is 2. The molecule has 1 aliphatic rings. The number of aromatic carboxylic acids is 1. The summed E-state index contributed by atoms with van der Waals surface area (Å²) in [7, 11) is 1.65. The third-order valence-corrected chi connectivity index (χ3v) is 3.53. The Labute approximate surface area is 117 Å². The number of amides is 1. The van der Waals surface area contributed by atoms with Gasteiger partial charge in [0.2, 0.25) is 5.91 Å². The minimum Gasteiger partial charge on any atom is -0.477 e. The van der Waals surface area contributed by atoms with E-state index in [2.05, 4.69) is 15.2 Å². The zero-order chi connectivity index (χ0) is 14.5. The molecular weight excluding hydrogens is 258 g/mol. The normalized spacial score (nSPS) is 19.6. The first kappa shape index (κ1) is 14.5. The predicted octanol–water partition coefficient (Wildman–Crippen LogP) is 0.738. The van der Waals surface area contributed by atoms with Gasteiger partial charge in [0.05, 0.1) is 11.6 Å². The van der Waals surface area contributed by atoms with Crippen LogP contribution in [-0.2, 0) is 11.3 Å². The van der Waals surface area contributed by atoms with Crippen molar-refractivity contribution in [3.63, 3.8) is 0 Å². The summed E-state index contributed by atoms with van der Waals surface area (Å²) in [4.78, 5) is 28.8. The lowest BCUT2D eigenvalue weighted by Crippen LogP contribution is -2.41. The van der Waals surface area contributed by atoms with Gasteiger partial charge in [0.25, 0.3) is 0 Å². The molecule has 0 aromatic carbocycles. The average molecular weight is 277 g/mol. The van der Waals surface area contributed by atoms with Crippen LogP contribution in [0.15, 0.2) is 18.2 Å². The number of nitrogens with one attached hydrogen (secondary N) is 1. The van der Waals surface area contributed by atoms with E-state index in [1.165, 1.54) is 6.07 Å². The van der Waals surface area contributed by atoms with Gasteiger partial charge in [-0.3, -0.25) is 9.69 Å². The van der Waals surface area contributed by atoms with Gasteiger partial charge in [0, 0.05) is 20.1 Å². The lowest BCUT2D eigenvalue weighted by atomic mass is 9.97. The maximum Gasteiger partial charge on any atom is 0.354 e. The van der Waals surface area contributed by atoms with E-state index in [1.54, 1.807) is 13.1 Å². The van der Waals surface area contributed by atoms with Crippen molar-refractivity contribution in [3.05, 3.63) is 29.6 Å². The van der Waals surface area contributed by atoms with Crippen molar-refractivity contribution in [2.75, 3.05) is 20.1 Å². The molecule has 2 N–H and O–H groups in total. The first-order chi connectivity index (χ1) is 9.60. The molecule has 1 aromatic heterocycles. The molecule has 1 aliphatic heterocycles. The molecule has 0 saturated carbocycles. The SMILES string of the molecule is CNC(=O)C1CCCN(Cc2cccc(C(=O)O)n2)C1. The van der Waals surface area contributed by atoms with Gasteiger partial charge in [-0.05, 0) is 31.5 Å². The number of likely N-dealkylation sites (tertiary alicyclic amines) is 1. The van der Waals surface area contributed by atoms with Crippen LogP contribution in [0.3, 0.4) is 0 Å². The quantitative estimate of drug-likeness (QED) is 0.848. The Morgan fingerprint density at radius 2 is 2.30 bits per heavy atom. The molecule has 20 heavy (non-hydrogen) atoms. The van der Waals surface area contributed by atoms with Crippen LogP contribution in [0.5, 0.6) is 0 Å². The predicted molar refractivity (Wildman–Crippen MR) is 73.3 cm³/mol. The maximum absolute atomic E-state index is 11.7. The van der Waals surface area contributed by atoms with Gasteiger partial charge in [-0.25, -0.2) is 9.78 Å². The fourth-order valence-electron chi connectivity index (χ4n) is 2.53. The summed E-state index contributed by atoms with van der Waals surface area (Å²) < 4.78 is 0. The Hall–Kier alpha value is -1.95. The topological polar surface area (TPSA) is 82.5 Å². The monoisotopic (exact) mass is 277 g/mol. The smallest absolute Gasteiger partial charge is 0.354 e. The Morgan fingerprint density at radius 3 is 3.00 bits per heavy atom. The van der Waals surface area contributed by atoms with Crippen LogP contribution in [0.1, 0.15) is 29.0 Å². The van der Waals surface area contributed by atoms with Crippen molar-refractivity contribution in [1.29, 1.82) is 0 Å². The molecule has 108 valence electrons. The second-order valence-electron chi connectivity index (χ2n) is 5.01. The Morgan fingerprint density at radius 1 is 1.50 bits per heavy atom. The summed E-state index contributed by atoms with van der Waals surface area (Å²) in [5, 5.41) is 11.6. The lowest BCUT2D eigenvalue weighted by molar-refractivity contribution is -0.126. The van der Waals surface area contributed by atoms with Gasteiger partial charge in [-0.1, -0.05) is 6.07 Å². The Bertz CT molecular complexity index is 504. The molecule has 1 atom stereocenters. The molecule has 0 bridgehead atoms. The summed E-state index contributed by atoms with van der Waals surface area (Å²) in [6.07, 6.45) is 1.87. The van der Waals surface area contributed by atoms with Gasteiger partial charge in [0.15, 0.2) is 0 Å². The van der Waals surface area contributed by atoms with E-state index in [1.807, 2.05) is 6.07 Å². The van der Waals surface area contributed by atoms with Crippen LogP contribution in [0.4, 0.5) is 0 Å². The fourth-order valence-corrected chi connectivity index (χ4v) is 2.53. The number of pyridine rings is 1. The van der Waals surface area contributed by atoms with Crippen molar-refractivity contribution in [2.45, 2.75) is 19.4 Å². The number of rotatable bonds is 4. The van der Waals surface area contributed by atoms with E-state index < -0.39 is 5.97 Å². The van der Waals surface area contributed by atoms with Crippen molar-refractivity contribution >= 4 is 11.9 Å². The number of piperidine rings is 1. The van der Waals surface area contributed by atoms with Gasteiger partial charge >= 0.3 is 5.97 Å². The van der Waals surface area contributed by atoms with Crippen LogP contribution in [-0.4, -0.2) is 47.0 Å². The van der Waals surface area contributed by atoms with E-state index in [0.717, 1.165) is 25.1 Å². The Balaban J connectivity index is 2.00. The summed E-state index contributed by atoms with van der Waals surface area (Å²) in [5.41, 5.74) is 0.782. The van der Waals surface area contributed by atoms with Crippen molar-refractivity contribution < 1.29 is 14.7 Å². The minimum atomic E-state index is -1.02. The largest absolute Gasteiger partial charge is 0.477 e. The van der Waals surface area contributed by atoms with Crippen molar-refractivity contribution in [2.24, 2.45) is 5.92 Å². The second-order valence-corrected chi connectivity index (χ2v) is 5.01. The molecule has 1 fully saturated rings. The molecule has 1 aromatic rings. The molecule has 1 amide bonds. The van der Waals surface area contributed by atoms with Crippen LogP contribution < -0.4 is 5.32 Å². The van der Waals surface area contributed by atoms with E-state index >= 15 is 0 Å². The number of carboxylic acids is 1. The highest BCUT2D eigenvalue weighted by Crippen LogP contribution is 2.18. The fraction of sp³-hybridized carbons (Fsp3) is 0.500. The van der Waals surface area contributed by atoms with E-state index in [-0.39, 0.29) is 17.5 Å². The third-order valence-electron chi connectivity index (χ3n) is 3.53. The van der Waals surface area contributed by atoms with Crippen molar-refractivity contribution in [3.8, 4) is 0 Å². The van der Waals surface area contributed by atoms with Gasteiger partial charge in [0.1, 0.15) is 5.69 Å². The maximum atomic E-state index is 11.7. The molecule has 1 saturated heterocycles. The highest BCUT2D eigenvalue weighted by atomic mass is 16.4. The van der Waals surface area contributed by atoms with Crippen LogP contribution in [0.2, 0.25) is 0 Å². The molecule has 2 rings (SSSR count). The van der Waals surface area contributed by atoms with Crippen LogP contribution in [0, 0.1) is 5.92 Å². The number of hydrogen-bond donors (Lipinski definition) is 2. The summed E-state index contributed by atoms with van der Waals surface area (Å²) in [6.45, 7) is 2.18. The lowest BCUT2D eigenvalue weighted by Gasteiger charge is -2.31. The molecule has 0 radical (unpaired) electrons. The number of nitrogens with zero attached hydrogens (tertiary/aromatic N) is 2. The Kier molecular flexibility index (Phi) is 4.68. The zero-order valence-corrected chi connectivity index (χ0v) is 11.5. The molecular formula is C14H19N3O3. The highest BCUT2D eigenvalue weighted by molar-refractivity contribution is 5.85. The standard InChI is InChI=1S/C14H19N3O3/c1-15-13(18)10-4-3-7-17(8-10)9-11-5-2-6-12(16-11)14(19)20/h2,5-6,10H,3-4,7-9H2,1H3,(H,15,18)(H,19,20). The summed E-state index contributed by atoms with van der Waals surface area (Å²) in [6, 6.07) is 5.00. The summed E-state index contributed by atoms with van der Waals surface area (Å²) in [5.74, 6) is -0.938. The number of hydrogen-bond acceptors (Lipinski definition) is 4. The van der Waals surface area contributed by atoms with Gasteiger partial charge < -0.3 is 10.4 Å². The van der Waals surface area contributed by atoms with E-state index in [9.17, 15) is 9.59 Å². The average Bonchev–Trinajstić information content (AvgIpc) is 2.47. The van der Waals surface area contributed by atoms with Crippen molar-refractivity contribution in [1.82, 2.24) is 15.2 Å². The summed E-state index contributed by atoms with van der Waals surface area (Å²) >= 11 is 0. The number of carboxylic acid groups (broad SMARTS) is 1. The molecule has 6 heteroatoms. The van der Waals surface area contributed by atoms with Gasteiger partial charge in [-0.2, -0.15) is 0 Å². The number of carbonyl (C=O) groups excluding carboxylic acids is 1. The van der Waals surface area contributed by atoms with Crippen LogP contribution in [0.25, 0.3) is 0 Å². The number of aromatic nitrogens is 1. The van der Waals surface area contributed by atoms with Gasteiger partial charge in [-0.15, -0.1) is 0 Å². The van der Waals surface area contributed by atoms with E-state index in [0.29, 0.717) is 13.1 Å². The van der Waals surface area contributed by atoms with Crippen LogP contribution >= 0.6 is 0 Å². The first-order valence-corrected chi connectivity index (χ1v) is 6.73. The molecule has 6 nitrogen and oxygen atoms in total. The van der Waals surface area contributed by atoms with E-state index in [4.69, 9.17) is 5.11 Å².